The van der Waals surface area contributed by atoms with Crippen molar-refractivity contribution in [3.05, 3.63) is 28.2 Å². The highest BCUT2D eigenvalue weighted by molar-refractivity contribution is 9.10. The second-order valence-corrected chi connectivity index (χ2v) is 7.30. The normalized spacial score (nSPS) is 26.4. The van der Waals surface area contributed by atoms with Crippen LogP contribution in [0.4, 0.5) is 0 Å². The highest BCUT2D eigenvalue weighted by atomic mass is 79.9. The van der Waals surface area contributed by atoms with Crippen LogP contribution in [0.15, 0.2) is 22.7 Å². The minimum Gasteiger partial charge on any atom is -0.497 e. The molecular formula is C18H27BrO2. The lowest BCUT2D eigenvalue weighted by atomic mass is 9.86. The second-order valence-electron chi connectivity index (χ2n) is 6.44. The first-order valence-corrected chi connectivity index (χ1v) is 8.90. The van der Waals surface area contributed by atoms with Crippen molar-refractivity contribution in [3.63, 3.8) is 0 Å². The van der Waals surface area contributed by atoms with Gasteiger partial charge in [0.25, 0.3) is 0 Å². The van der Waals surface area contributed by atoms with Gasteiger partial charge in [0.15, 0.2) is 0 Å². The van der Waals surface area contributed by atoms with Gasteiger partial charge in [0.1, 0.15) is 5.75 Å². The predicted molar refractivity (Wildman–Crippen MR) is 90.8 cm³/mol. The van der Waals surface area contributed by atoms with Gasteiger partial charge in [0.05, 0.1) is 12.7 Å². The summed E-state index contributed by atoms with van der Waals surface area (Å²) in [6.07, 6.45) is 8.68. The van der Waals surface area contributed by atoms with E-state index < -0.39 is 5.60 Å². The molecule has 0 saturated heterocycles. The molecule has 2 unspecified atom stereocenters. The number of halogens is 1. The zero-order valence-corrected chi connectivity index (χ0v) is 14.8. The lowest BCUT2D eigenvalue weighted by molar-refractivity contribution is 0.0239. The van der Waals surface area contributed by atoms with Gasteiger partial charge in [-0.1, -0.05) is 48.5 Å². The van der Waals surface area contributed by atoms with Gasteiger partial charge in [-0.3, -0.25) is 0 Å². The maximum Gasteiger partial charge on any atom is 0.119 e. The fourth-order valence-electron chi connectivity index (χ4n) is 3.50. The average Bonchev–Trinajstić information content (AvgIpc) is 2.64. The number of rotatable bonds is 5. The van der Waals surface area contributed by atoms with Crippen molar-refractivity contribution in [2.75, 3.05) is 7.11 Å². The smallest absolute Gasteiger partial charge is 0.119 e. The molecule has 2 nitrogen and oxygen atoms in total. The van der Waals surface area contributed by atoms with Crippen LogP contribution >= 0.6 is 15.9 Å². The maximum absolute atomic E-state index is 11.0. The van der Waals surface area contributed by atoms with E-state index in [1.807, 2.05) is 18.2 Å². The predicted octanol–water partition coefficient (Wildman–Crippen LogP) is 5.11. The third kappa shape index (κ3) is 4.72. The lowest BCUT2D eigenvalue weighted by Crippen LogP contribution is -2.30. The first-order chi connectivity index (χ1) is 10.1. The van der Waals surface area contributed by atoms with Crippen LogP contribution in [-0.2, 0) is 6.42 Å². The Hall–Kier alpha value is -0.540. The Morgan fingerprint density at radius 1 is 1.33 bits per heavy atom. The first-order valence-electron chi connectivity index (χ1n) is 8.11. The zero-order chi connectivity index (χ0) is 15.3. The van der Waals surface area contributed by atoms with E-state index in [-0.39, 0.29) is 0 Å². The van der Waals surface area contributed by atoms with Gasteiger partial charge in [-0.15, -0.1) is 0 Å². The molecule has 1 saturated carbocycles. The number of hydrogen-bond acceptors (Lipinski definition) is 2. The Bertz CT molecular complexity index is 461. The number of benzene rings is 1. The Morgan fingerprint density at radius 2 is 2.14 bits per heavy atom. The van der Waals surface area contributed by atoms with Crippen molar-refractivity contribution in [2.24, 2.45) is 5.92 Å². The van der Waals surface area contributed by atoms with Crippen molar-refractivity contribution in [1.29, 1.82) is 0 Å². The molecule has 2 rings (SSSR count). The van der Waals surface area contributed by atoms with Crippen LogP contribution in [-0.4, -0.2) is 17.8 Å². The SMILES string of the molecule is CCCC1CCCC(O)(Cc2cc(OC)ccc2Br)CC1. The summed E-state index contributed by atoms with van der Waals surface area (Å²) in [6, 6.07) is 5.99. The van der Waals surface area contributed by atoms with Crippen molar-refractivity contribution in [3.8, 4) is 5.75 Å². The molecule has 0 amide bonds. The molecule has 0 aromatic heterocycles. The first kappa shape index (κ1) is 16.8. The molecule has 0 bridgehead atoms. The number of hydrogen-bond donors (Lipinski definition) is 1. The summed E-state index contributed by atoms with van der Waals surface area (Å²) in [4.78, 5) is 0. The quantitative estimate of drug-likeness (QED) is 0.744. The third-order valence-corrected chi connectivity index (χ3v) is 5.52. The van der Waals surface area contributed by atoms with Crippen LogP contribution in [0.1, 0.15) is 57.4 Å². The molecule has 0 aliphatic heterocycles. The molecule has 1 aliphatic rings. The average molecular weight is 355 g/mol. The summed E-state index contributed by atoms with van der Waals surface area (Å²) in [5, 5.41) is 11.0. The summed E-state index contributed by atoms with van der Waals surface area (Å²) in [5.41, 5.74) is 0.586. The van der Waals surface area contributed by atoms with E-state index in [0.29, 0.717) is 6.42 Å². The Labute approximate surface area is 137 Å². The summed E-state index contributed by atoms with van der Waals surface area (Å²) < 4.78 is 6.36. The van der Waals surface area contributed by atoms with Gasteiger partial charge in [0.2, 0.25) is 0 Å². The lowest BCUT2D eigenvalue weighted by Gasteiger charge is -2.27. The van der Waals surface area contributed by atoms with E-state index >= 15 is 0 Å². The molecule has 0 radical (unpaired) electrons. The molecule has 1 aromatic carbocycles. The Kier molecular flexibility index (Phi) is 6.12. The minimum absolute atomic E-state index is 0.558. The van der Waals surface area contributed by atoms with Crippen LogP contribution in [0, 0.1) is 5.92 Å². The van der Waals surface area contributed by atoms with Crippen molar-refractivity contribution in [2.45, 2.75) is 63.9 Å². The largest absolute Gasteiger partial charge is 0.497 e. The molecule has 118 valence electrons. The van der Waals surface area contributed by atoms with Crippen LogP contribution in [0.25, 0.3) is 0 Å². The molecule has 3 heteroatoms. The summed E-state index contributed by atoms with van der Waals surface area (Å²) in [5.74, 6) is 1.66. The highest BCUT2D eigenvalue weighted by Crippen LogP contribution is 2.36. The molecule has 2 atom stereocenters. The van der Waals surface area contributed by atoms with E-state index in [1.165, 1.54) is 19.3 Å². The van der Waals surface area contributed by atoms with E-state index in [4.69, 9.17) is 4.74 Å². The van der Waals surface area contributed by atoms with Gasteiger partial charge < -0.3 is 9.84 Å². The molecule has 0 heterocycles. The Morgan fingerprint density at radius 3 is 2.86 bits per heavy atom. The van der Waals surface area contributed by atoms with Crippen LogP contribution < -0.4 is 4.74 Å². The summed E-state index contributed by atoms with van der Waals surface area (Å²) in [6.45, 7) is 2.25. The standard InChI is InChI=1S/C18H27BrO2/c1-3-5-14-6-4-10-18(20,11-9-14)13-15-12-16(21-2)7-8-17(15)19/h7-8,12,14,20H,3-6,9-11,13H2,1-2H3. The fourth-order valence-corrected chi connectivity index (χ4v) is 3.89. The number of ether oxygens (including phenoxy) is 1. The van der Waals surface area contributed by atoms with Gasteiger partial charge in [-0.25, -0.2) is 0 Å². The van der Waals surface area contributed by atoms with Crippen molar-refractivity contribution < 1.29 is 9.84 Å². The van der Waals surface area contributed by atoms with Crippen molar-refractivity contribution in [1.82, 2.24) is 0 Å². The molecule has 1 aromatic rings. The highest BCUT2D eigenvalue weighted by Gasteiger charge is 2.31. The van der Waals surface area contributed by atoms with Crippen LogP contribution in [0.2, 0.25) is 0 Å². The van der Waals surface area contributed by atoms with Gasteiger partial charge >= 0.3 is 0 Å². The maximum atomic E-state index is 11.0. The zero-order valence-electron chi connectivity index (χ0n) is 13.2. The Balaban J connectivity index is 2.07. The van der Waals surface area contributed by atoms with Gasteiger partial charge in [-0.05, 0) is 48.9 Å². The summed E-state index contributed by atoms with van der Waals surface area (Å²) >= 11 is 3.60. The van der Waals surface area contributed by atoms with Crippen LogP contribution in [0.3, 0.4) is 0 Å². The van der Waals surface area contributed by atoms with E-state index in [9.17, 15) is 5.11 Å². The van der Waals surface area contributed by atoms with Crippen LogP contribution in [0.5, 0.6) is 5.75 Å². The van der Waals surface area contributed by atoms with Gasteiger partial charge in [-0.2, -0.15) is 0 Å². The monoisotopic (exact) mass is 354 g/mol. The van der Waals surface area contributed by atoms with Gasteiger partial charge in [0, 0.05) is 10.9 Å². The topological polar surface area (TPSA) is 29.5 Å². The van der Waals surface area contributed by atoms with E-state index in [2.05, 4.69) is 22.9 Å². The molecule has 1 N–H and O–H groups in total. The fraction of sp³-hybridized carbons (Fsp3) is 0.667. The van der Waals surface area contributed by atoms with E-state index in [1.54, 1.807) is 7.11 Å². The second kappa shape index (κ2) is 7.64. The van der Waals surface area contributed by atoms with Crippen molar-refractivity contribution >= 4 is 15.9 Å². The number of aliphatic hydroxyl groups is 1. The number of methoxy groups -OCH3 is 1. The third-order valence-electron chi connectivity index (χ3n) is 4.74. The molecule has 1 fully saturated rings. The van der Waals surface area contributed by atoms with E-state index in [0.717, 1.165) is 47.4 Å². The molecular weight excluding hydrogens is 328 g/mol. The summed E-state index contributed by atoms with van der Waals surface area (Å²) in [7, 11) is 1.68. The molecule has 1 aliphatic carbocycles. The molecule has 21 heavy (non-hydrogen) atoms. The minimum atomic E-state index is -0.558. The molecule has 0 spiro atoms.